The van der Waals surface area contributed by atoms with Gasteiger partial charge in [0.25, 0.3) is 0 Å². The number of benzene rings is 2. The van der Waals surface area contributed by atoms with E-state index in [2.05, 4.69) is 5.32 Å². The Hall–Kier alpha value is -2.69. The zero-order valence-electron chi connectivity index (χ0n) is 15.7. The molecular formula is C22H25FN2O2. The van der Waals surface area contributed by atoms with Gasteiger partial charge in [-0.25, -0.2) is 4.39 Å². The van der Waals surface area contributed by atoms with Crippen molar-refractivity contribution < 1.29 is 14.0 Å². The summed E-state index contributed by atoms with van der Waals surface area (Å²) in [7, 11) is 0. The lowest BCUT2D eigenvalue weighted by Gasteiger charge is -2.39. The van der Waals surface area contributed by atoms with Gasteiger partial charge in [-0.1, -0.05) is 42.5 Å². The molecule has 0 radical (unpaired) electrons. The second-order valence-corrected chi connectivity index (χ2v) is 7.15. The van der Waals surface area contributed by atoms with Crippen molar-refractivity contribution >= 4 is 11.8 Å². The molecule has 0 aromatic heterocycles. The lowest BCUT2D eigenvalue weighted by atomic mass is 9.88. The number of carbonyl (C=O) groups is 2. The molecule has 0 bridgehead atoms. The second-order valence-electron chi connectivity index (χ2n) is 7.15. The summed E-state index contributed by atoms with van der Waals surface area (Å²) in [4.78, 5) is 26.7. The summed E-state index contributed by atoms with van der Waals surface area (Å²) < 4.78 is 13.2. The highest BCUT2D eigenvalue weighted by atomic mass is 19.1. The number of piperidine rings is 1. The number of likely N-dealkylation sites (tertiary alicyclic amines) is 1. The first kappa shape index (κ1) is 19.1. The van der Waals surface area contributed by atoms with E-state index >= 15 is 0 Å². The summed E-state index contributed by atoms with van der Waals surface area (Å²) in [5.41, 5.74) is 1.96. The predicted octanol–water partition coefficient (Wildman–Crippen LogP) is 4.00. The molecule has 4 nitrogen and oxygen atoms in total. The molecule has 0 aliphatic carbocycles. The van der Waals surface area contributed by atoms with Crippen molar-refractivity contribution in [3.63, 3.8) is 0 Å². The number of hydrogen-bond acceptors (Lipinski definition) is 2. The summed E-state index contributed by atoms with van der Waals surface area (Å²) in [5.74, 6) is -0.638. The zero-order valence-corrected chi connectivity index (χ0v) is 15.7. The van der Waals surface area contributed by atoms with Crippen molar-refractivity contribution in [2.24, 2.45) is 5.92 Å². The maximum absolute atomic E-state index is 13.2. The van der Waals surface area contributed by atoms with Crippen molar-refractivity contribution in [3.8, 4) is 0 Å². The van der Waals surface area contributed by atoms with Crippen LogP contribution in [0.1, 0.15) is 49.9 Å². The molecule has 1 N–H and O–H groups in total. The minimum Gasteiger partial charge on any atom is -0.349 e. The molecule has 27 heavy (non-hydrogen) atoms. The van der Waals surface area contributed by atoms with Crippen molar-refractivity contribution in [1.29, 1.82) is 0 Å². The molecule has 2 aromatic carbocycles. The van der Waals surface area contributed by atoms with Crippen LogP contribution >= 0.6 is 0 Å². The lowest BCUT2D eigenvalue weighted by molar-refractivity contribution is -0.137. The summed E-state index contributed by atoms with van der Waals surface area (Å²) >= 11 is 0. The Morgan fingerprint density at radius 3 is 2.37 bits per heavy atom. The van der Waals surface area contributed by atoms with Crippen LogP contribution in [0, 0.1) is 11.7 Å². The van der Waals surface area contributed by atoms with Crippen LogP contribution in [0.3, 0.4) is 0 Å². The standard InChI is InChI=1S/C22H25FN2O2/c1-15(17-6-4-3-5-7-17)24-22(27)19-10-13-21(25(14-19)16(2)26)18-8-11-20(23)12-9-18/h3-9,11-12,15,19,21H,10,13-14H2,1-2H3,(H,24,27)/t15-,19+,21-/m0/s1. The second kappa shape index (κ2) is 8.33. The lowest BCUT2D eigenvalue weighted by Crippen LogP contribution is -2.46. The van der Waals surface area contributed by atoms with Gasteiger partial charge in [0.2, 0.25) is 11.8 Å². The average Bonchev–Trinajstić information content (AvgIpc) is 2.68. The molecule has 1 heterocycles. The predicted molar refractivity (Wildman–Crippen MR) is 102 cm³/mol. The number of hydrogen-bond donors (Lipinski definition) is 1. The fourth-order valence-corrected chi connectivity index (χ4v) is 3.72. The Kier molecular flexibility index (Phi) is 5.89. The minimum atomic E-state index is -0.295. The fraction of sp³-hybridized carbons (Fsp3) is 0.364. The normalized spacial score (nSPS) is 20.8. The van der Waals surface area contributed by atoms with Crippen LogP contribution in [0.2, 0.25) is 0 Å². The Labute approximate surface area is 159 Å². The van der Waals surface area contributed by atoms with Gasteiger partial charge in [-0.3, -0.25) is 9.59 Å². The van der Waals surface area contributed by atoms with Crippen LogP contribution in [-0.4, -0.2) is 23.3 Å². The van der Waals surface area contributed by atoms with E-state index in [1.54, 1.807) is 17.0 Å². The van der Waals surface area contributed by atoms with Gasteiger partial charge in [-0.15, -0.1) is 0 Å². The van der Waals surface area contributed by atoms with E-state index in [4.69, 9.17) is 0 Å². The van der Waals surface area contributed by atoms with E-state index < -0.39 is 0 Å². The monoisotopic (exact) mass is 368 g/mol. The maximum Gasteiger partial charge on any atom is 0.225 e. The van der Waals surface area contributed by atoms with E-state index in [0.29, 0.717) is 19.4 Å². The average molecular weight is 368 g/mol. The van der Waals surface area contributed by atoms with Gasteiger partial charge < -0.3 is 10.2 Å². The van der Waals surface area contributed by atoms with Gasteiger partial charge in [-0.05, 0) is 43.0 Å². The highest BCUT2D eigenvalue weighted by Gasteiger charge is 2.34. The van der Waals surface area contributed by atoms with Crippen molar-refractivity contribution in [2.75, 3.05) is 6.54 Å². The Morgan fingerprint density at radius 1 is 1.07 bits per heavy atom. The number of carbonyl (C=O) groups excluding carboxylic acids is 2. The van der Waals surface area contributed by atoms with Crippen LogP contribution in [0.15, 0.2) is 54.6 Å². The summed E-state index contributed by atoms with van der Waals surface area (Å²) in [6, 6.07) is 15.9. The van der Waals surface area contributed by atoms with Gasteiger partial charge in [-0.2, -0.15) is 0 Å². The smallest absolute Gasteiger partial charge is 0.225 e. The van der Waals surface area contributed by atoms with Gasteiger partial charge in [0, 0.05) is 13.5 Å². The summed E-state index contributed by atoms with van der Waals surface area (Å²) in [6.45, 7) is 3.86. The molecule has 1 aliphatic rings. The van der Waals surface area contributed by atoms with Crippen LogP contribution in [-0.2, 0) is 9.59 Å². The fourth-order valence-electron chi connectivity index (χ4n) is 3.72. The number of amides is 2. The van der Waals surface area contributed by atoms with Crippen LogP contribution in [0.4, 0.5) is 4.39 Å². The maximum atomic E-state index is 13.2. The Bertz CT molecular complexity index is 792. The highest BCUT2D eigenvalue weighted by Crippen LogP contribution is 2.34. The quantitative estimate of drug-likeness (QED) is 0.887. The SMILES string of the molecule is CC(=O)N1C[C@H](C(=O)N[C@@H](C)c2ccccc2)CC[C@H]1c1ccc(F)cc1. The molecule has 3 rings (SSSR count). The largest absolute Gasteiger partial charge is 0.349 e. The molecule has 0 saturated carbocycles. The van der Waals surface area contributed by atoms with Crippen molar-refractivity contribution in [1.82, 2.24) is 10.2 Å². The topological polar surface area (TPSA) is 49.4 Å². The number of nitrogens with one attached hydrogen (secondary N) is 1. The van der Waals surface area contributed by atoms with Gasteiger partial charge >= 0.3 is 0 Å². The molecule has 142 valence electrons. The first-order valence-electron chi connectivity index (χ1n) is 9.33. The van der Waals surface area contributed by atoms with E-state index in [1.807, 2.05) is 37.3 Å². The first-order chi connectivity index (χ1) is 13.0. The number of nitrogens with zero attached hydrogens (tertiary/aromatic N) is 1. The Balaban J connectivity index is 1.68. The third-order valence-electron chi connectivity index (χ3n) is 5.27. The van der Waals surface area contributed by atoms with Gasteiger partial charge in [0.15, 0.2) is 0 Å². The van der Waals surface area contributed by atoms with Crippen molar-refractivity contribution in [2.45, 2.75) is 38.8 Å². The van der Waals surface area contributed by atoms with Crippen molar-refractivity contribution in [3.05, 3.63) is 71.5 Å². The van der Waals surface area contributed by atoms with E-state index in [1.165, 1.54) is 19.1 Å². The number of rotatable bonds is 4. The molecule has 1 fully saturated rings. The van der Waals surface area contributed by atoms with Crippen LogP contribution in [0.25, 0.3) is 0 Å². The molecule has 1 aliphatic heterocycles. The molecule has 2 aromatic rings. The molecular weight excluding hydrogens is 343 g/mol. The minimum absolute atomic E-state index is 0.0323. The molecule has 2 amide bonds. The third kappa shape index (κ3) is 4.54. The summed E-state index contributed by atoms with van der Waals surface area (Å²) in [5, 5.41) is 3.06. The zero-order chi connectivity index (χ0) is 19.4. The van der Waals surface area contributed by atoms with Gasteiger partial charge in [0.1, 0.15) is 5.82 Å². The van der Waals surface area contributed by atoms with Crippen LogP contribution < -0.4 is 5.32 Å². The van der Waals surface area contributed by atoms with Gasteiger partial charge in [0.05, 0.1) is 18.0 Å². The van der Waals surface area contributed by atoms with E-state index in [-0.39, 0.29) is 35.6 Å². The molecule has 3 atom stereocenters. The third-order valence-corrected chi connectivity index (χ3v) is 5.27. The van der Waals surface area contributed by atoms with E-state index in [9.17, 15) is 14.0 Å². The Morgan fingerprint density at radius 2 is 1.74 bits per heavy atom. The number of halogens is 1. The molecule has 0 spiro atoms. The van der Waals surface area contributed by atoms with Crippen LogP contribution in [0.5, 0.6) is 0 Å². The molecule has 0 unspecified atom stereocenters. The molecule has 5 heteroatoms. The first-order valence-corrected chi connectivity index (χ1v) is 9.33. The highest BCUT2D eigenvalue weighted by molar-refractivity contribution is 5.81. The molecule has 1 saturated heterocycles. The summed E-state index contributed by atoms with van der Waals surface area (Å²) in [6.07, 6.45) is 1.38. The van der Waals surface area contributed by atoms with E-state index in [0.717, 1.165) is 11.1 Å².